The monoisotopic (exact) mass is 342 g/mol. The average molecular weight is 342 g/mol. The van der Waals surface area contributed by atoms with Crippen LogP contribution < -0.4 is 10.6 Å². The molecule has 0 spiro atoms. The molecular formula is C20H30N4O. The standard InChI is InChI=1S/C20H30N4O/c1-7-17-8-10-18(11-9-17)14(3)23-20(21-6)22-12-13(2)19-15(4)24-25-16(19)5/h8-11,13-14H,7,12H2,1-6H3,(H2,21,22,23). The van der Waals surface area contributed by atoms with Crippen molar-refractivity contribution >= 4 is 5.96 Å². The highest BCUT2D eigenvalue weighted by Crippen LogP contribution is 2.22. The van der Waals surface area contributed by atoms with Crippen LogP contribution in [0.2, 0.25) is 0 Å². The van der Waals surface area contributed by atoms with E-state index in [0.717, 1.165) is 30.4 Å². The van der Waals surface area contributed by atoms with E-state index in [9.17, 15) is 0 Å². The smallest absolute Gasteiger partial charge is 0.191 e. The van der Waals surface area contributed by atoms with Gasteiger partial charge in [0.25, 0.3) is 0 Å². The zero-order valence-corrected chi connectivity index (χ0v) is 16.2. The molecule has 0 amide bonds. The number of aryl methyl sites for hydroxylation is 3. The van der Waals surface area contributed by atoms with Crippen LogP contribution in [0.25, 0.3) is 0 Å². The molecule has 2 rings (SSSR count). The first-order chi connectivity index (χ1) is 12.0. The number of nitrogens with zero attached hydrogens (tertiary/aromatic N) is 2. The predicted molar refractivity (Wildman–Crippen MR) is 103 cm³/mol. The van der Waals surface area contributed by atoms with Crippen LogP contribution in [0, 0.1) is 13.8 Å². The Kier molecular flexibility index (Phi) is 6.62. The van der Waals surface area contributed by atoms with Gasteiger partial charge in [-0.15, -0.1) is 0 Å². The molecule has 2 aromatic rings. The first-order valence-corrected chi connectivity index (χ1v) is 8.95. The van der Waals surface area contributed by atoms with Gasteiger partial charge in [-0.25, -0.2) is 0 Å². The zero-order valence-electron chi connectivity index (χ0n) is 16.2. The Morgan fingerprint density at radius 2 is 1.88 bits per heavy atom. The third-order valence-corrected chi connectivity index (χ3v) is 4.62. The van der Waals surface area contributed by atoms with E-state index in [2.05, 4.69) is 65.8 Å². The predicted octanol–water partition coefficient (Wildman–Crippen LogP) is 3.88. The van der Waals surface area contributed by atoms with Gasteiger partial charge in [0.2, 0.25) is 0 Å². The minimum Gasteiger partial charge on any atom is -0.361 e. The number of hydrogen-bond donors (Lipinski definition) is 2. The number of nitrogens with one attached hydrogen (secondary N) is 2. The van der Waals surface area contributed by atoms with Crippen molar-refractivity contribution in [3.05, 3.63) is 52.4 Å². The van der Waals surface area contributed by atoms with Crippen molar-refractivity contribution < 1.29 is 4.52 Å². The highest BCUT2D eigenvalue weighted by atomic mass is 16.5. The van der Waals surface area contributed by atoms with Crippen LogP contribution in [0.15, 0.2) is 33.8 Å². The van der Waals surface area contributed by atoms with Crippen LogP contribution in [-0.4, -0.2) is 24.7 Å². The van der Waals surface area contributed by atoms with Crippen molar-refractivity contribution in [2.24, 2.45) is 4.99 Å². The Labute approximate surface area is 150 Å². The fourth-order valence-electron chi connectivity index (χ4n) is 3.07. The van der Waals surface area contributed by atoms with Gasteiger partial charge in [0.15, 0.2) is 5.96 Å². The summed E-state index contributed by atoms with van der Waals surface area (Å²) in [5.41, 5.74) is 4.73. The quantitative estimate of drug-likeness (QED) is 0.618. The molecule has 0 fully saturated rings. The third-order valence-electron chi connectivity index (χ3n) is 4.62. The van der Waals surface area contributed by atoms with Crippen molar-refractivity contribution in [3.8, 4) is 0 Å². The summed E-state index contributed by atoms with van der Waals surface area (Å²) in [6.45, 7) is 11.2. The van der Waals surface area contributed by atoms with E-state index in [1.54, 1.807) is 7.05 Å². The number of aromatic nitrogens is 1. The molecule has 25 heavy (non-hydrogen) atoms. The summed E-state index contributed by atoms with van der Waals surface area (Å²) in [4.78, 5) is 4.34. The summed E-state index contributed by atoms with van der Waals surface area (Å²) in [6.07, 6.45) is 1.06. The number of benzene rings is 1. The summed E-state index contributed by atoms with van der Waals surface area (Å²) in [6, 6.07) is 8.91. The van der Waals surface area contributed by atoms with Gasteiger partial charge in [-0.2, -0.15) is 0 Å². The lowest BCUT2D eigenvalue weighted by Gasteiger charge is -2.20. The second-order valence-corrected chi connectivity index (χ2v) is 6.55. The molecule has 0 bridgehead atoms. The minimum atomic E-state index is 0.187. The SMILES string of the molecule is CCc1ccc(C(C)NC(=NC)NCC(C)c2c(C)noc2C)cc1. The highest BCUT2D eigenvalue weighted by molar-refractivity contribution is 5.80. The molecule has 2 unspecified atom stereocenters. The number of guanidine groups is 1. The van der Waals surface area contributed by atoms with E-state index >= 15 is 0 Å². The largest absolute Gasteiger partial charge is 0.361 e. The van der Waals surface area contributed by atoms with Crippen LogP contribution in [0.5, 0.6) is 0 Å². The van der Waals surface area contributed by atoms with Gasteiger partial charge in [-0.3, -0.25) is 4.99 Å². The fourth-order valence-corrected chi connectivity index (χ4v) is 3.07. The summed E-state index contributed by atoms with van der Waals surface area (Å²) < 4.78 is 5.27. The molecule has 136 valence electrons. The molecule has 0 aliphatic heterocycles. The van der Waals surface area contributed by atoms with Crippen molar-refractivity contribution in [2.45, 2.75) is 53.0 Å². The highest BCUT2D eigenvalue weighted by Gasteiger charge is 2.17. The van der Waals surface area contributed by atoms with E-state index in [4.69, 9.17) is 4.52 Å². The second-order valence-electron chi connectivity index (χ2n) is 6.55. The van der Waals surface area contributed by atoms with Crippen LogP contribution in [0.1, 0.15) is 60.9 Å². The topological polar surface area (TPSA) is 62.5 Å². The summed E-state index contributed by atoms with van der Waals surface area (Å²) in [7, 11) is 1.79. The Hall–Kier alpha value is -2.30. The Morgan fingerprint density at radius 3 is 2.40 bits per heavy atom. The molecule has 2 N–H and O–H groups in total. The Balaban J connectivity index is 1.93. The summed E-state index contributed by atoms with van der Waals surface area (Å²) in [5, 5.41) is 10.9. The molecular weight excluding hydrogens is 312 g/mol. The van der Waals surface area contributed by atoms with Crippen molar-refractivity contribution in [3.63, 3.8) is 0 Å². The lowest BCUT2D eigenvalue weighted by Crippen LogP contribution is -2.40. The van der Waals surface area contributed by atoms with Crippen LogP contribution >= 0.6 is 0 Å². The molecule has 1 heterocycles. The maximum atomic E-state index is 5.27. The molecule has 5 heteroatoms. The van der Waals surface area contributed by atoms with Gasteiger partial charge < -0.3 is 15.2 Å². The number of aliphatic imine (C=N–C) groups is 1. The van der Waals surface area contributed by atoms with Gasteiger partial charge in [-0.1, -0.05) is 43.3 Å². The fraction of sp³-hybridized carbons (Fsp3) is 0.500. The molecule has 2 atom stereocenters. The lowest BCUT2D eigenvalue weighted by atomic mass is 10.00. The van der Waals surface area contributed by atoms with E-state index in [1.807, 2.05) is 13.8 Å². The maximum absolute atomic E-state index is 5.27. The number of hydrogen-bond acceptors (Lipinski definition) is 3. The van der Waals surface area contributed by atoms with E-state index in [-0.39, 0.29) is 6.04 Å². The maximum Gasteiger partial charge on any atom is 0.191 e. The summed E-state index contributed by atoms with van der Waals surface area (Å²) in [5.74, 6) is 1.98. The minimum absolute atomic E-state index is 0.187. The first kappa shape index (κ1) is 19.0. The van der Waals surface area contributed by atoms with Crippen molar-refractivity contribution in [1.29, 1.82) is 0 Å². The van der Waals surface area contributed by atoms with Crippen LogP contribution in [-0.2, 0) is 6.42 Å². The molecule has 1 aromatic heterocycles. The van der Waals surface area contributed by atoms with Gasteiger partial charge in [-0.05, 0) is 38.3 Å². The first-order valence-electron chi connectivity index (χ1n) is 8.95. The number of rotatable bonds is 6. The Morgan fingerprint density at radius 1 is 1.20 bits per heavy atom. The lowest BCUT2D eigenvalue weighted by molar-refractivity contribution is 0.391. The molecule has 0 aliphatic rings. The molecule has 0 saturated heterocycles. The molecule has 0 radical (unpaired) electrons. The van der Waals surface area contributed by atoms with E-state index in [0.29, 0.717) is 5.92 Å². The molecule has 5 nitrogen and oxygen atoms in total. The normalized spacial score (nSPS) is 14.2. The molecule has 0 aliphatic carbocycles. The third kappa shape index (κ3) is 4.84. The van der Waals surface area contributed by atoms with Crippen LogP contribution in [0.3, 0.4) is 0 Å². The van der Waals surface area contributed by atoms with Gasteiger partial charge in [0, 0.05) is 25.1 Å². The molecule has 0 saturated carbocycles. The van der Waals surface area contributed by atoms with Crippen molar-refractivity contribution in [2.75, 3.05) is 13.6 Å². The van der Waals surface area contributed by atoms with Gasteiger partial charge in [0.05, 0.1) is 11.7 Å². The van der Waals surface area contributed by atoms with Crippen molar-refractivity contribution in [1.82, 2.24) is 15.8 Å². The van der Waals surface area contributed by atoms with Gasteiger partial charge >= 0.3 is 0 Å². The molecule has 1 aromatic carbocycles. The van der Waals surface area contributed by atoms with Crippen LogP contribution in [0.4, 0.5) is 0 Å². The average Bonchev–Trinajstić information content (AvgIpc) is 2.96. The second kappa shape index (κ2) is 8.70. The van der Waals surface area contributed by atoms with E-state index < -0.39 is 0 Å². The Bertz CT molecular complexity index is 683. The zero-order chi connectivity index (χ0) is 18.4. The summed E-state index contributed by atoms with van der Waals surface area (Å²) >= 11 is 0. The van der Waals surface area contributed by atoms with E-state index in [1.165, 1.54) is 16.7 Å². The van der Waals surface area contributed by atoms with Gasteiger partial charge in [0.1, 0.15) is 5.76 Å².